The Kier molecular flexibility index (Phi) is 4.48. The van der Waals surface area contributed by atoms with Crippen LogP contribution in [0.2, 0.25) is 0 Å². The minimum Gasteiger partial charge on any atom is -0.436 e. The SMILES string of the molecule is CC(C)c1ccc(-c2nc3cc(N(C)C(=O)C(F)(F)F)ccc3o2)cc1. The molecular weight excluding hydrogens is 345 g/mol. The van der Waals surface area contributed by atoms with Gasteiger partial charge in [-0.2, -0.15) is 13.2 Å². The highest BCUT2D eigenvalue weighted by Gasteiger charge is 2.41. The molecule has 7 heteroatoms. The lowest BCUT2D eigenvalue weighted by atomic mass is 10.0. The van der Waals surface area contributed by atoms with Crippen molar-refractivity contribution in [3.05, 3.63) is 48.0 Å². The Labute approximate surface area is 148 Å². The van der Waals surface area contributed by atoms with Gasteiger partial charge in [-0.05, 0) is 41.8 Å². The average Bonchev–Trinajstić information content (AvgIpc) is 3.02. The minimum absolute atomic E-state index is 0.0924. The highest BCUT2D eigenvalue weighted by molar-refractivity contribution is 5.98. The molecule has 0 fully saturated rings. The van der Waals surface area contributed by atoms with Crippen molar-refractivity contribution in [1.82, 2.24) is 4.98 Å². The number of halogens is 3. The molecule has 0 radical (unpaired) electrons. The Hall–Kier alpha value is -2.83. The van der Waals surface area contributed by atoms with E-state index in [0.717, 1.165) is 12.6 Å². The third-order valence-electron chi connectivity index (χ3n) is 4.13. The second-order valence-electron chi connectivity index (χ2n) is 6.31. The zero-order valence-corrected chi connectivity index (χ0v) is 14.5. The Morgan fingerprint density at radius 3 is 2.35 bits per heavy atom. The predicted molar refractivity (Wildman–Crippen MR) is 93.0 cm³/mol. The standard InChI is InChI=1S/C19H17F3N2O2/c1-11(2)12-4-6-13(7-5-12)17-23-15-10-14(8-9-16(15)26-17)24(3)18(25)19(20,21)22/h4-11H,1-3H3. The van der Waals surface area contributed by atoms with Crippen LogP contribution in [0.25, 0.3) is 22.6 Å². The first kappa shape index (κ1) is 18.0. The largest absolute Gasteiger partial charge is 0.471 e. The molecule has 0 atom stereocenters. The molecule has 0 saturated heterocycles. The van der Waals surface area contributed by atoms with Gasteiger partial charge >= 0.3 is 12.1 Å². The van der Waals surface area contributed by atoms with Gasteiger partial charge in [-0.15, -0.1) is 0 Å². The number of benzene rings is 2. The Bertz CT molecular complexity index is 944. The van der Waals surface area contributed by atoms with E-state index < -0.39 is 12.1 Å². The van der Waals surface area contributed by atoms with Crippen LogP contribution in [-0.4, -0.2) is 24.1 Å². The summed E-state index contributed by atoms with van der Waals surface area (Å²) in [4.78, 5) is 16.3. The number of hydrogen-bond donors (Lipinski definition) is 0. The fourth-order valence-electron chi connectivity index (χ4n) is 2.57. The molecule has 0 bridgehead atoms. The smallest absolute Gasteiger partial charge is 0.436 e. The molecule has 1 amide bonds. The number of anilines is 1. The molecule has 4 nitrogen and oxygen atoms in total. The summed E-state index contributed by atoms with van der Waals surface area (Å²) in [6.45, 7) is 4.18. The molecule has 2 aromatic carbocycles. The first-order valence-corrected chi connectivity index (χ1v) is 8.02. The van der Waals surface area contributed by atoms with Crippen LogP contribution in [-0.2, 0) is 4.79 Å². The van der Waals surface area contributed by atoms with Crippen molar-refractivity contribution in [3.63, 3.8) is 0 Å². The van der Waals surface area contributed by atoms with Crippen molar-refractivity contribution >= 4 is 22.7 Å². The summed E-state index contributed by atoms with van der Waals surface area (Å²) in [6.07, 6.45) is -4.93. The van der Waals surface area contributed by atoms with Gasteiger partial charge in [-0.1, -0.05) is 26.0 Å². The zero-order chi connectivity index (χ0) is 19.1. The fourth-order valence-corrected chi connectivity index (χ4v) is 2.57. The molecule has 1 heterocycles. The van der Waals surface area contributed by atoms with Crippen molar-refractivity contribution in [2.24, 2.45) is 0 Å². The van der Waals surface area contributed by atoms with Crippen LogP contribution in [0.1, 0.15) is 25.3 Å². The Morgan fingerprint density at radius 2 is 1.77 bits per heavy atom. The molecule has 3 aromatic rings. The van der Waals surface area contributed by atoms with E-state index in [2.05, 4.69) is 18.8 Å². The highest BCUT2D eigenvalue weighted by Crippen LogP contribution is 2.29. The van der Waals surface area contributed by atoms with Gasteiger partial charge in [-0.25, -0.2) is 4.98 Å². The minimum atomic E-state index is -4.93. The molecule has 3 rings (SSSR count). The number of fused-ring (bicyclic) bond motifs is 1. The van der Waals surface area contributed by atoms with Crippen LogP contribution >= 0.6 is 0 Å². The second kappa shape index (κ2) is 6.48. The zero-order valence-electron chi connectivity index (χ0n) is 14.5. The summed E-state index contributed by atoms with van der Waals surface area (Å²) >= 11 is 0. The van der Waals surface area contributed by atoms with Gasteiger partial charge in [0.2, 0.25) is 5.89 Å². The van der Waals surface area contributed by atoms with Crippen LogP contribution in [0.15, 0.2) is 46.9 Å². The van der Waals surface area contributed by atoms with Gasteiger partial charge in [0.25, 0.3) is 0 Å². The highest BCUT2D eigenvalue weighted by atomic mass is 19.4. The monoisotopic (exact) mass is 362 g/mol. The first-order valence-electron chi connectivity index (χ1n) is 8.02. The second-order valence-corrected chi connectivity index (χ2v) is 6.31. The van der Waals surface area contributed by atoms with Crippen molar-refractivity contribution in [1.29, 1.82) is 0 Å². The molecule has 0 aliphatic heterocycles. The normalized spacial score (nSPS) is 12.0. The third kappa shape index (κ3) is 3.42. The lowest BCUT2D eigenvalue weighted by Crippen LogP contribution is -2.38. The molecule has 0 aliphatic rings. The van der Waals surface area contributed by atoms with Crippen LogP contribution in [0, 0.1) is 0 Å². The van der Waals surface area contributed by atoms with Crippen LogP contribution in [0.4, 0.5) is 18.9 Å². The summed E-state index contributed by atoms with van der Waals surface area (Å²) in [5.74, 6) is -1.17. The van der Waals surface area contributed by atoms with E-state index in [4.69, 9.17) is 4.42 Å². The van der Waals surface area contributed by atoms with E-state index in [9.17, 15) is 18.0 Å². The number of carbonyl (C=O) groups excluding carboxylic acids is 1. The quantitative estimate of drug-likeness (QED) is 0.648. The van der Waals surface area contributed by atoms with Gasteiger partial charge in [0.05, 0.1) is 0 Å². The van der Waals surface area contributed by atoms with Crippen LogP contribution in [0.5, 0.6) is 0 Å². The van der Waals surface area contributed by atoms with Gasteiger partial charge in [0.1, 0.15) is 5.52 Å². The Balaban J connectivity index is 1.93. The van der Waals surface area contributed by atoms with Crippen molar-refractivity contribution in [2.75, 3.05) is 11.9 Å². The molecule has 0 N–H and O–H groups in total. The van der Waals surface area contributed by atoms with Gasteiger partial charge in [-0.3, -0.25) is 4.79 Å². The van der Waals surface area contributed by atoms with E-state index in [-0.39, 0.29) is 5.69 Å². The Morgan fingerprint density at radius 1 is 1.12 bits per heavy atom. The molecule has 1 aromatic heterocycles. The molecular formula is C19H17F3N2O2. The lowest BCUT2D eigenvalue weighted by Gasteiger charge is -2.18. The topological polar surface area (TPSA) is 46.3 Å². The maximum atomic E-state index is 12.6. The number of amides is 1. The lowest BCUT2D eigenvalue weighted by molar-refractivity contribution is -0.170. The summed E-state index contributed by atoms with van der Waals surface area (Å²) in [5, 5.41) is 0. The summed E-state index contributed by atoms with van der Waals surface area (Å²) < 4.78 is 43.4. The van der Waals surface area contributed by atoms with Gasteiger partial charge in [0, 0.05) is 18.3 Å². The predicted octanol–water partition coefficient (Wildman–Crippen LogP) is 5.14. The average molecular weight is 362 g/mol. The molecule has 136 valence electrons. The molecule has 0 spiro atoms. The number of nitrogens with zero attached hydrogens (tertiary/aromatic N) is 2. The number of oxazole rings is 1. The molecule has 0 unspecified atom stereocenters. The van der Waals surface area contributed by atoms with Gasteiger partial charge < -0.3 is 9.32 Å². The van der Waals surface area contributed by atoms with E-state index in [1.54, 1.807) is 0 Å². The maximum Gasteiger partial charge on any atom is 0.471 e. The van der Waals surface area contributed by atoms with Crippen molar-refractivity contribution < 1.29 is 22.4 Å². The van der Waals surface area contributed by atoms with Crippen LogP contribution in [0.3, 0.4) is 0 Å². The van der Waals surface area contributed by atoms with E-state index in [1.807, 2.05) is 24.3 Å². The maximum absolute atomic E-state index is 12.6. The van der Waals surface area contributed by atoms with E-state index in [0.29, 0.717) is 27.8 Å². The number of aromatic nitrogens is 1. The summed E-state index contributed by atoms with van der Waals surface area (Å²) in [6, 6.07) is 12.0. The molecule has 0 aliphatic carbocycles. The van der Waals surface area contributed by atoms with Crippen LogP contribution < -0.4 is 4.90 Å². The summed E-state index contributed by atoms with van der Waals surface area (Å²) in [7, 11) is 1.07. The van der Waals surface area contributed by atoms with E-state index >= 15 is 0 Å². The fraction of sp³-hybridized carbons (Fsp3) is 0.263. The number of rotatable bonds is 3. The number of carbonyl (C=O) groups is 1. The number of alkyl halides is 3. The summed E-state index contributed by atoms with van der Waals surface area (Å²) in [5.41, 5.74) is 2.86. The van der Waals surface area contributed by atoms with Crippen molar-refractivity contribution in [3.8, 4) is 11.5 Å². The number of hydrogen-bond acceptors (Lipinski definition) is 3. The first-order chi connectivity index (χ1) is 12.2. The third-order valence-corrected chi connectivity index (χ3v) is 4.13. The molecule has 0 saturated carbocycles. The van der Waals surface area contributed by atoms with Crippen molar-refractivity contribution in [2.45, 2.75) is 25.9 Å². The van der Waals surface area contributed by atoms with E-state index in [1.165, 1.54) is 23.8 Å². The van der Waals surface area contributed by atoms with Gasteiger partial charge in [0.15, 0.2) is 5.58 Å². The molecule has 26 heavy (non-hydrogen) atoms.